The summed E-state index contributed by atoms with van der Waals surface area (Å²) < 4.78 is 5.31. The predicted molar refractivity (Wildman–Crippen MR) is 77.0 cm³/mol. The van der Waals surface area contributed by atoms with Crippen LogP contribution < -0.4 is 5.32 Å². The monoisotopic (exact) mass is 280 g/mol. The molecule has 0 aromatic carbocycles. The Hall–Kier alpha value is -1.33. The number of carbonyl (C=O) groups is 1. The van der Waals surface area contributed by atoms with E-state index in [0.29, 0.717) is 11.8 Å². The minimum absolute atomic E-state index is 0.00210. The van der Waals surface area contributed by atoms with Gasteiger partial charge in [-0.3, -0.25) is 4.90 Å². The van der Waals surface area contributed by atoms with Crippen LogP contribution in [0.4, 0.5) is 0 Å². The molecule has 112 valence electrons. The molecule has 0 aliphatic carbocycles. The highest BCUT2D eigenvalue weighted by Crippen LogP contribution is 2.17. The maximum absolute atomic E-state index is 10.8. The van der Waals surface area contributed by atoms with Crippen LogP contribution in [-0.4, -0.2) is 41.7 Å². The van der Waals surface area contributed by atoms with Crippen molar-refractivity contribution in [2.75, 3.05) is 19.6 Å². The standard InChI is InChI=1S/C15H24N2O3/c1-11(17-8-4-3-5-9-17)10-16-12(2)13-6-7-14(20-13)15(18)19/h6-7,11-12,16H,3-5,8-10H2,1-2H3,(H,18,19). The van der Waals surface area contributed by atoms with E-state index in [2.05, 4.69) is 17.1 Å². The Balaban J connectivity index is 1.81. The van der Waals surface area contributed by atoms with Crippen molar-refractivity contribution in [3.05, 3.63) is 23.7 Å². The van der Waals surface area contributed by atoms with E-state index in [-0.39, 0.29) is 11.8 Å². The lowest BCUT2D eigenvalue weighted by Gasteiger charge is -2.33. The highest BCUT2D eigenvalue weighted by molar-refractivity contribution is 5.84. The van der Waals surface area contributed by atoms with Crippen molar-refractivity contribution in [3.8, 4) is 0 Å². The number of nitrogens with one attached hydrogen (secondary N) is 1. The Morgan fingerprint density at radius 3 is 2.65 bits per heavy atom. The average molecular weight is 280 g/mol. The molecule has 0 radical (unpaired) electrons. The Morgan fingerprint density at radius 1 is 1.35 bits per heavy atom. The van der Waals surface area contributed by atoms with Gasteiger partial charge in [-0.05, 0) is 51.9 Å². The second-order valence-corrected chi connectivity index (χ2v) is 5.58. The fourth-order valence-electron chi connectivity index (χ4n) is 2.64. The average Bonchev–Trinajstić information content (AvgIpc) is 2.95. The van der Waals surface area contributed by atoms with Crippen LogP contribution in [0.25, 0.3) is 0 Å². The van der Waals surface area contributed by atoms with Gasteiger partial charge in [0.1, 0.15) is 5.76 Å². The summed E-state index contributed by atoms with van der Waals surface area (Å²) in [5.41, 5.74) is 0. The van der Waals surface area contributed by atoms with Crippen molar-refractivity contribution in [2.45, 2.75) is 45.2 Å². The fourth-order valence-corrected chi connectivity index (χ4v) is 2.64. The molecule has 1 saturated heterocycles. The van der Waals surface area contributed by atoms with Gasteiger partial charge in [0, 0.05) is 12.6 Å². The summed E-state index contributed by atoms with van der Waals surface area (Å²) in [6.45, 7) is 7.47. The van der Waals surface area contributed by atoms with Crippen molar-refractivity contribution < 1.29 is 14.3 Å². The maximum atomic E-state index is 10.8. The summed E-state index contributed by atoms with van der Waals surface area (Å²) in [5.74, 6) is -0.351. The number of rotatable bonds is 6. The highest BCUT2D eigenvalue weighted by Gasteiger charge is 2.18. The van der Waals surface area contributed by atoms with Gasteiger partial charge in [0.2, 0.25) is 5.76 Å². The van der Waals surface area contributed by atoms with Gasteiger partial charge in [-0.25, -0.2) is 4.79 Å². The number of hydrogen-bond donors (Lipinski definition) is 2. The summed E-state index contributed by atoms with van der Waals surface area (Å²) in [4.78, 5) is 13.3. The first-order chi connectivity index (χ1) is 9.58. The molecule has 2 rings (SSSR count). The molecule has 5 heteroatoms. The third kappa shape index (κ3) is 3.84. The van der Waals surface area contributed by atoms with E-state index in [4.69, 9.17) is 9.52 Å². The van der Waals surface area contributed by atoms with Crippen LogP contribution in [0.3, 0.4) is 0 Å². The zero-order valence-electron chi connectivity index (χ0n) is 12.3. The van der Waals surface area contributed by atoms with E-state index in [1.807, 2.05) is 6.92 Å². The van der Waals surface area contributed by atoms with Crippen molar-refractivity contribution in [1.82, 2.24) is 10.2 Å². The van der Waals surface area contributed by atoms with E-state index in [1.165, 1.54) is 38.4 Å². The van der Waals surface area contributed by atoms with Crippen LogP contribution in [0.15, 0.2) is 16.5 Å². The maximum Gasteiger partial charge on any atom is 0.371 e. The molecule has 2 atom stereocenters. The van der Waals surface area contributed by atoms with E-state index in [1.54, 1.807) is 6.07 Å². The third-order valence-corrected chi connectivity index (χ3v) is 4.00. The molecule has 1 aromatic heterocycles. The van der Waals surface area contributed by atoms with Crippen molar-refractivity contribution in [3.63, 3.8) is 0 Å². The van der Waals surface area contributed by atoms with Gasteiger partial charge in [0.05, 0.1) is 6.04 Å². The molecule has 0 spiro atoms. The molecule has 0 amide bonds. The largest absolute Gasteiger partial charge is 0.475 e. The number of hydrogen-bond acceptors (Lipinski definition) is 4. The van der Waals surface area contributed by atoms with Crippen molar-refractivity contribution in [2.24, 2.45) is 0 Å². The topological polar surface area (TPSA) is 65.7 Å². The molecular weight excluding hydrogens is 256 g/mol. The van der Waals surface area contributed by atoms with E-state index >= 15 is 0 Å². The summed E-state index contributed by atoms with van der Waals surface area (Å²) in [6, 6.07) is 3.75. The summed E-state index contributed by atoms with van der Waals surface area (Å²) in [6.07, 6.45) is 3.93. The summed E-state index contributed by atoms with van der Waals surface area (Å²) in [5, 5.41) is 12.3. The first-order valence-corrected chi connectivity index (χ1v) is 7.38. The first-order valence-electron chi connectivity index (χ1n) is 7.38. The Kier molecular flexibility index (Phi) is 5.20. The predicted octanol–water partition coefficient (Wildman–Crippen LogP) is 2.50. The molecule has 1 aliphatic rings. The van der Waals surface area contributed by atoms with Gasteiger partial charge in [0.15, 0.2) is 0 Å². The Morgan fingerprint density at radius 2 is 2.05 bits per heavy atom. The van der Waals surface area contributed by atoms with Gasteiger partial charge >= 0.3 is 5.97 Å². The second kappa shape index (κ2) is 6.90. The highest BCUT2D eigenvalue weighted by atomic mass is 16.4. The normalized spacial score (nSPS) is 19.7. The zero-order valence-corrected chi connectivity index (χ0v) is 12.3. The lowest BCUT2D eigenvalue weighted by molar-refractivity contribution is 0.0659. The Labute approximate surface area is 119 Å². The third-order valence-electron chi connectivity index (χ3n) is 4.00. The van der Waals surface area contributed by atoms with Crippen LogP contribution in [0.5, 0.6) is 0 Å². The molecule has 1 aromatic rings. The molecule has 2 unspecified atom stereocenters. The lowest BCUT2D eigenvalue weighted by Crippen LogP contribution is -2.43. The molecular formula is C15H24N2O3. The van der Waals surface area contributed by atoms with Crippen LogP contribution in [0.1, 0.15) is 55.5 Å². The van der Waals surface area contributed by atoms with Crippen molar-refractivity contribution >= 4 is 5.97 Å². The number of likely N-dealkylation sites (tertiary alicyclic amines) is 1. The Bertz CT molecular complexity index is 438. The number of nitrogens with zero attached hydrogens (tertiary/aromatic N) is 1. The molecule has 1 aliphatic heterocycles. The van der Waals surface area contributed by atoms with Crippen LogP contribution in [0.2, 0.25) is 0 Å². The molecule has 20 heavy (non-hydrogen) atoms. The number of carboxylic acid groups (broad SMARTS) is 1. The van der Waals surface area contributed by atoms with Gasteiger partial charge in [0.25, 0.3) is 0 Å². The van der Waals surface area contributed by atoms with E-state index in [9.17, 15) is 4.79 Å². The second-order valence-electron chi connectivity index (χ2n) is 5.58. The van der Waals surface area contributed by atoms with Gasteiger partial charge in [-0.2, -0.15) is 0 Å². The number of carboxylic acids is 1. The molecule has 2 heterocycles. The smallest absolute Gasteiger partial charge is 0.371 e. The van der Waals surface area contributed by atoms with Gasteiger partial charge in [-0.1, -0.05) is 6.42 Å². The molecule has 0 bridgehead atoms. The first kappa shape index (κ1) is 15.1. The number of furan rings is 1. The van der Waals surface area contributed by atoms with E-state index in [0.717, 1.165) is 6.54 Å². The molecule has 2 N–H and O–H groups in total. The van der Waals surface area contributed by atoms with Crippen molar-refractivity contribution in [1.29, 1.82) is 0 Å². The fraction of sp³-hybridized carbons (Fsp3) is 0.667. The quantitative estimate of drug-likeness (QED) is 0.838. The zero-order chi connectivity index (χ0) is 14.5. The van der Waals surface area contributed by atoms with E-state index < -0.39 is 5.97 Å². The van der Waals surface area contributed by atoms with Crippen LogP contribution in [0, 0.1) is 0 Å². The summed E-state index contributed by atoms with van der Waals surface area (Å²) >= 11 is 0. The molecule has 0 saturated carbocycles. The number of aromatic carboxylic acids is 1. The van der Waals surface area contributed by atoms with Gasteiger partial charge < -0.3 is 14.8 Å². The molecule has 1 fully saturated rings. The lowest BCUT2D eigenvalue weighted by atomic mass is 10.1. The minimum atomic E-state index is -1.02. The SMILES string of the molecule is CC(NCC(C)N1CCCCC1)c1ccc(C(=O)O)o1. The van der Waals surface area contributed by atoms with Gasteiger partial charge in [-0.15, -0.1) is 0 Å². The minimum Gasteiger partial charge on any atom is -0.475 e. The van der Waals surface area contributed by atoms with Crippen LogP contribution >= 0.6 is 0 Å². The number of piperidine rings is 1. The summed E-state index contributed by atoms with van der Waals surface area (Å²) in [7, 11) is 0. The van der Waals surface area contributed by atoms with Crippen LogP contribution in [-0.2, 0) is 0 Å². The molecule has 5 nitrogen and oxygen atoms in total.